The lowest BCUT2D eigenvalue weighted by Gasteiger charge is -2.35. The molecule has 1 fully saturated rings. The molecule has 0 aliphatic carbocycles. The molecule has 100 valence electrons. The Morgan fingerprint density at radius 1 is 1.56 bits per heavy atom. The number of ether oxygens (including phenoxy) is 1. The van der Waals surface area contributed by atoms with Crippen LogP contribution in [0.4, 0.5) is 0 Å². The summed E-state index contributed by atoms with van der Waals surface area (Å²) in [6.07, 6.45) is 3.25. The van der Waals surface area contributed by atoms with Crippen molar-refractivity contribution in [3.05, 3.63) is 24.0 Å². The lowest BCUT2D eigenvalue weighted by molar-refractivity contribution is -0.00331. The first kappa shape index (κ1) is 13.3. The van der Waals surface area contributed by atoms with Gasteiger partial charge in [-0.1, -0.05) is 6.92 Å². The van der Waals surface area contributed by atoms with E-state index < -0.39 is 0 Å². The van der Waals surface area contributed by atoms with E-state index in [2.05, 4.69) is 11.8 Å². The Kier molecular flexibility index (Phi) is 4.19. The molecule has 1 aromatic rings. The van der Waals surface area contributed by atoms with Crippen LogP contribution in [0.1, 0.15) is 23.8 Å². The Hall–Kier alpha value is -1.13. The zero-order chi connectivity index (χ0) is 13.1. The smallest absolute Gasteiger partial charge is 0.193 e. The second-order valence-corrected chi connectivity index (χ2v) is 5.20. The van der Waals surface area contributed by atoms with Crippen LogP contribution in [0.25, 0.3) is 0 Å². The van der Waals surface area contributed by atoms with Gasteiger partial charge in [0.1, 0.15) is 0 Å². The highest BCUT2D eigenvalue weighted by Gasteiger charge is 2.27. The van der Waals surface area contributed by atoms with Gasteiger partial charge in [0, 0.05) is 26.9 Å². The summed E-state index contributed by atoms with van der Waals surface area (Å²) in [5.41, 5.74) is 0.780. The minimum Gasteiger partial charge on any atom is -0.380 e. The molecule has 2 rings (SSSR count). The predicted molar refractivity (Wildman–Crippen MR) is 70.8 cm³/mol. The van der Waals surface area contributed by atoms with Crippen LogP contribution in [0.3, 0.4) is 0 Å². The van der Waals surface area contributed by atoms with Crippen LogP contribution in [0.5, 0.6) is 0 Å². The van der Waals surface area contributed by atoms with Gasteiger partial charge in [-0.25, -0.2) is 0 Å². The van der Waals surface area contributed by atoms with Gasteiger partial charge in [0.2, 0.25) is 0 Å². The normalized spacial score (nSPS) is 25.3. The van der Waals surface area contributed by atoms with Crippen molar-refractivity contribution in [2.24, 2.45) is 13.0 Å². The summed E-state index contributed by atoms with van der Waals surface area (Å²) in [5.74, 6) is 0.767. The van der Waals surface area contributed by atoms with Gasteiger partial charge < -0.3 is 9.30 Å². The summed E-state index contributed by atoms with van der Waals surface area (Å²) in [4.78, 5) is 14.4. The van der Waals surface area contributed by atoms with Crippen LogP contribution in [0.2, 0.25) is 0 Å². The van der Waals surface area contributed by atoms with Gasteiger partial charge in [-0.2, -0.15) is 0 Å². The van der Waals surface area contributed by atoms with Crippen molar-refractivity contribution < 1.29 is 9.53 Å². The number of ketones is 1. The number of aryl methyl sites for hydroxylation is 1. The first-order chi connectivity index (χ1) is 8.61. The maximum Gasteiger partial charge on any atom is 0.193 e. The first-order valence-electron chi connectivity index (χ1n) is 6.51. The minimum absolute atomic E-state index is 0.187. The average molecular weight is 250 g/mol. The maximum absolute atomic E-state index is 12.2. The molecule has 0 spiro atoms. The lowest BCUT2D eigenvalue weighted by Crippen LogP contribution is -2.45. The number of methoxy groups -OCH3 is 1. The Labute approximate surface area is 109 Å². The molecule has 0 N–H and O–H groups in total. The number of carbonyl (C=O) groups excluding carboxylic acids is 1. The summed E-state index contributed by atoms with van der Waals surface area (Å²) in [6, 6.07) is 3.78. The molecule has 0 aromatic carbocycles. The molecule has 18 heavy (non-hydrogen) atoms. The van der Waals surface area contributed by atoms with E-state index >= 15 is 0 Å². The number of nitrogens with zero attached hydrogens (tertiary/aromatic N) is 2. The van der Waals surface area contributed by atoms with Crippen molar-refractivity contribution >= 4 is 5.78 Å². The van der Waals surface area contributed by atoms with Crippen LogP contribution in [0, 0.1) is 5.92 Å². The zero-order valence-corrected chi connectivity index (χ0v) is 11.4. The fraction of sp³-hybridized carbons (Fsp3) is 0.643. The van der Waals surface area contributed by atoms with Gasteiger partial charge in [-0.15, -0.1) is 0 Å². The Bertz CT molecular complexity index is 414. The van der Waals surface area contributed by atoms with E-state index in [1.54, 1.807) is 7.11 Å². The third kappa shape index (κ3) is 2.82. The van der Waals surface area contributed by atoms with Crippen LogP contribution >= 0.6 is 0 Å². The molecule has 1 aliphatic rings. The minimum atomic E-state index is 0.187. The second kappa shape index (κ2) is 5.67. The maximum atomic E-state index is 12.2. The van der Waals surface area contributed by atoms with Crippen LogP contribution in [-0.2, 0) is 11.8 Å². The molecule has 1 aliphatic heterocycles. The Morgan fingerprint density at radius 3 is 2.94 bits per heavy atom. The molecule has 4 heteroatoms. The summed E-state index contributed by atoms with van der Waals surface area (Å²) in [5, 5.41) is 0. The van der Waals surface area contributed by atoms with Crippen molar-refractivity contribution in [1.82, 2.24) is 9.47 Å². The Balaban J connectivity index is 1.94. The molecular formula is C14H22N2O2. The molecule has 0 radical (unpaired) electrons. The molecule has 2 heterocycles. The van der Waals surface area contributed by atoms with Crippen molar-refractivity contribution in [1.29, 1.82) is 0 Å². The van der Waals surface area contributed by atoms with E-state index in [0.717, 1.165) is 25.2 Å². The monoisotopic (exact) mass is 250 g/mol. The van der Waals surface area contributed by atoms with Crippen LogP contribution in [-0.4, -0.2) is 48.1 Å². The predicted octanol–water partition coefficient (Wildman–Crippen LogP) is 1.56. The molecule has 2 unspecified atom stereocenters. The van der Waals surface area contributed by atoms with Gasteiger partial charge in [-0.3, -0.25) is 9.69 Å². The summed E-state index contributed by atoms with van der Waals surface area (Å²) in [6.45, 7) is 4.54. The van der Waals surface area contributed by atoms with Crippen LogP contribution < -0.4 is 0 Å². The van der Waals surface area contributed by atoms with Crippen molar-refractivity contribution in [2.45, 2.75) is 19.4 Å². The number of piperidine rings is 1. The van der Waals surface area contributed by atoms with Gasteiger partial charge in [0.15, 0.2) is 5.78 Å². The lowest BCUT2D eigenvalue weighted by atomic mass is 9.95. The highest BCUT2D eigenvalue weighted by Crippen LogP contribution is 2.19. The van der Waals surface area contributed by atoms with E-state index in [1.807, 2.05) is 29.9 Å². The second-order valence-electron chi connectivity index (χ2n) is 5.20. The number of likely N-dealkylation sites (tertiary alicyclic amines) is 1. The Morgan fingerprint density at radius 2 is 2.33 bits per heavy atom. The quantitative estimate of drug-likeness (QED) is 0.761. The summed E-state index contributed by atoms with van der Waals surface area (Å²) < 4.78 is 7.35. The van der Waals surface area contributed by atoms with Crippen molar-refractivity contribution in [3.63, 3.8) is 0 Å². The molecule has 2 atom stereocenters. The third-order valence-corrected chi connectivity index (χ3v) is 3.87. The third-order valence-electron chi connectivity index (χ3n) is 3.87. The van der Waals surface area contributed by atoms with Crippen molar-refractivity contribution in [3.8, 4) is 0 Å². The fourth-order valence-electron chi connectivity index (χ4n) is 2.58. The zero-order valence-electron chi connectivity index (χ0n) is 11.4. The number of hydrogen-bond acceptors (Lipinski definition) is 3. The highest BCUT2D eigenvalue weighted by molar-refractivity contribution is 5.96. The van der Waals surface area contributed by atoms with Crippen LogP contribution in [0.15, 0.2) is 18.3 Å². The van der Waals surface area contributed by atoms with E-state index in [4.69, 9.17) is 4.74 Å². The topological polar surface area (TPSA) is 34.5 Å². The largest absolute Gasteiger partial charge is 0.380 e. The van der Waals surface area contributed by atoms with E-state index in [1.165, 1.54) is 0 Å². The van der Waals surface area contributed by atoms with Gasteiger partial charge >= 0.3 is 0 Å². The molecule has 1 saturated heterocycles. The standard InChI is InChI=1S/C14H22N2O2/c1-11-6-8-16(10-14(11)18-3)9-13(17)12-5-4-7-15(12)2/h4-5,7,11,14H,6,8-10H2,1-3H3. The number of Topliss-reactive ketones (excluding diaryl/α,β-unsaturated/α-hetero) is 1. The fourth-order valence-corrected chi connectivity index (χ4v) is 2.58. The average Bonchev–Trinajstić information content (AvgIpc) is 2.78. The highest BCUT2D eigenvalue weighted by atomic mass is 16.5. The molecule has 0 saturated carbocycles. The molecule has 0 bridgehead atoms. The molecular weight excluding hydrogens is 228 g/mol. The summed E-state index contributed by atoms with van der Waals surface area (Å²) >= 11 is 0. The van der Waals surface area contributed by atoms with E-state index in [-0.39, 0.29) is 11.9 Å². The number of carbonyl (C=O) groups is 1. The molecule has 1 aromatic heterocycles. The summed E-state index contributed by atoms with van der Waals surface area (Å²) in [7, 11) is 3.66. The number of rotatable bonds is 4. The SMILES string of the molecule is COC1CN(CC(=O)c2cccn2C)CCC1C. The van der Waals surface area contributed by atoms with E-state index in [9.17, 15) is 4.79 Å². The van der Waals surface area contributed by atoms with Gasteiger partial charge in [0.25, 0.3) is 0 Å². The van der Waals surface area contributed by atoms with Crippen molar-refractivity contribution in [2.75, 3.05) is 26.7 Å². The van der Waals surface area contributed by atoms with E-state index in [0.29, 0.717) is 12.5 Å². The van der Waals surface area contributed by atoms with Gasteiger partial charge in [-0.05, 0) is 31.0 Å². The van der Waals surface area contributed by atoms with Gasteiger partial charge in [0.05, 0.1) is 18.3 Å². The molecule has 4 nitrogen and oxygen atoms in total. The number of aromatic nitrogens is 1. The number of hydrogen-bond donors (Lipinski definition) is 0. The molecule has 0 amide bonds. The first-order valence-corrected chi connectivity index (χ1v) is 6.51.